The van der Waals surface area contributed by atoms with Crippen LogP contribution in [0.4, 0.5) is 0 Å². The molecule has 0 aliphatic heterocycles. The predicted molar refractivity (Wildman–Crippen MR) is 87.6 cm³/mol. The summed E-state index contributed by atoms with van der Waals surface area (Å²) >= 11 is 3.62. The fourth-order valence-electron chi connectivity index (χ4n) is 3.21. The number of benzene rings is 1. The summed E-state index contributed by atoms with van der Waals surface area (Å²) in [5.74, 6) is 2.90. The molecule has 1 aromatic carbocycles. The zero-order chi connectivity index (χ0) is 14.1. The molecule has 3 rings (SSSR count). The van der Waals surface area contributed by atoms with Crippen LogP contribution >= 0.6 is 15.9 Å². The van der Waals surface area contributed by atoms with E-state index in [1.54, 1.807) is 0 Å². The summed E-state index contributed by atoms with van der Waals surface area (Å²) in [6.45, 7) is 3.93. The lowest BCUT2D eigenvalue weighted by Crippen LogP contribution is -2.33. The summed E-state index contributed by atoms with van der Waals surface area (Å²) in [5.41, 5.74) is 8.56. The molecule has 1 aromatic rings. The van der Waals surface area contributed by atoms with Crippen LogP contribution in [0.15, 0.2) is 22.7 Å². The van der Waals surface area contributed by atoms with E-state index in [9.17, 15) is 0 Å². The smallest absolute Gasteiger partial charge is 0.0445 e. The zero-order valence-corrected chi connectivity index (χ0v) is 13.8. The maximum absolute atomic E-state index is 5.98. The number of aryl methyl sites for hydroxylation is 1. The van der Waals surface area contributed by atoms with Crippen molar-refractivity contribution in [1.29, 1.82) is 0 Å². The molecule has 2 aliphatic rings. The van der Waals surface area contributed by atoms with Gasteiger partial charge in [0.2, 0.25) is 0 Å². The highest BCUT2D eigenvalue weighted by Gasteiger charge is 2.41. The van der Waals surface area contributed by atoms with Crippen LogP contribution < -0.4 is 11.1 Å². The Balaban J connectivity index is 1.62. The lowest BCUT2D eigenvalue weighted by Gasteiger charge is -2.23. The molecule has 0 heterocycles. The van der Waals surface area contributed by atoms with Crippen LogP contribution in [0.1, 0.15) is 42.9 Å². The maximum Gasteiger partial charge on any atom is 0.0445 e. The normalized spacial score (nSPS) is 20.4. The molecule has 0 bridgehead atoms. The Morgan fingerprint density at radius 1 is 1.25 bits per heavy atom. The summed E-state index contributed by atoms with van der Waals surface area (Å²) in [7, 11) is 0. The van der Waals surface area contributed by atoms with Crippen molar-refractivity contribution in [2.24, 2.45) is 23.5 Å². The van der Waals surface area contributed by atoms with Crippen LogP contribution in [-0.2, 0) is 0 Å². The number of hydrogen-bond donors (Lipinski definition) is 2. The van der Waals surface area contributed by atoms with Crippen LogP contribution in [0.2, 0.25) is 0 Å². The van der Waals surface area contributed by atoms with Gasteiger partial charge in [-0.1, -0.05) is 28.1 Å². The van der Waals surface area contributed by atoms with Crippen LogP contribution in [0, 0.1) is 24.7 Å². The van der Waals surface area contributed by atoms with Crippen molar-refractivity contribution >= 4 is 15.9 Å². The van der Waals surface area contributed by atoms with Crippen LogP contribution in [0.3, 0.4) is 0 Å². The number of rotatable bonds is 7. The van der Waals surface area contributed by atoms with E-state index in [2.05, 4.69) is 46.4 Å². The Morgan fingerprint density at radius 3 is 2.40 bits per heavy atom. The minimum Gasteiger partial charge on any atom is -0.329 e. The minimum atomic E-state index is 0.284. The molecular weight excluding hydrogens is 312 g/mol. The van der Waals surface area contributed by atoms with E-state index < -0.39 is 0 Å². The first-order valence-electron chi connectivity index (χ1n) is 7.88. The summed E-state index contributed by atoms with van der Waals surface area (Å²) < 4.78 is 1.18. The third-order valence-electron chi connectivity index (χ3n) is 4.89. The quantitative estimate of drug-likeness (QED) is 0.795. The van der Waals surface area contributed by atoms with E-state index in [4.69, 9.17) is 5.73 Å². The van der Waals surface area contributed by atoms with E-state index in [-0.39, 0.29) is 6.04 Å². The highest BCUT2D eigenvalue weighted by Crippen LogP contribution is 2.49. The first-order valence-corrected chi connectivity index (χ1v) is 8.68. The summed E-state index contributed by atoms with van der Waals surface area (Å²) in [5, 5.41) is 3.73. The van der Waals surface area contributed by atoms with Gasteiger partial charge in [0.1, 0.15) is 0 Å². The average molecular weight is 337 g/mol. The fraction of sp³-hybridized carbons (Fsp3) is 0.647. The largest absolute Gasteiger partial charge is 0.329 e. The molecule has 20 heavy (non-hydrogen) atoms. The first kappa shape index (κ1) is 14.6. The third-order valence-corrected chi connectivity index (χ3v) is 5.74. The lowest BCUT2D eigenvalue weighted by atomic mass is 9.96. The van der Waals surface area contributed by atoms with Gasteiger partial charge in [-0.2, -0.15) is 0 Å². The first-order chi connectivity index (χ1) is 9.69. The second-order valence-electron chi connectivity index (χ2n) is 6.54. The summed E-state index contributed by atoms with van der Waals surface area (Å²) in [6.07, 6.45) is 5.80. The fourth-order valence-corrected chi connectivity index (χ4v) is 3.60. The molecule has 110 valence electrons. The molecule has 3 N–H and O–H groups in total. The van der Waals surface area contributed by atoms with Crippen molar-refractivity contribution in [1.82, 2.24) is 5.32 Å². The molecule has 2 nitrogen and oxygen atoms in total. The molecule has 0 amide bonds. The van der Waals surface area contributed by atoms with E-state index in [0.717, 1.165) is 24.3 Å². The maximum atomic E-state index is 5.98. The highest BCUT2D eigenvalue weighted by atomic mass is 79.9. The van der Waals surface area contributed by atoms with Crippen molar-refractivity contribution in [2.75, 3.05) is 13.1 Å². The van der Waals surface area contributed by atoms with Crippen molar-refractivity contribution in [3.8, 4) is 0 Å². The molecule has 3 heteroatoms. The molecule has 0 spiro atoms. The van der Waals surface area contributed by atoms with E-state index in [1.165, 1.54) is 41.3 Å². The van der Waals surface area contributed by atoms with E-state index in [1.807, 2.05) is 0 Å². The Bertz CT molecular complexity index is 454. The van der Waals surface area contributed by atoms with Gasteiger partial charge in [-0.3, -0.25) is 0 Å². The molecular formula is C17H25BrN2. The SMILES string of the molecule is Cc1ccc(C(CN)NCC(C2CC2)C2CC2)cc1Br. The standard InChI is InChI=1S/C17H25BrN2/c1-11-2-3-14(8-16(11)18)17(9-19)20-10-15(12-4-5-12)13-6-7-13/h2-3,8,12-13,15,17,20H,4-7,9-10,19H2,1H3. The Hall–Kier alpha value is -0.380. The van der Waals surface area contributed by atoms with Crippen molar-refractivity contribution < 1.29 is 0 Å². The van der Waals surface area contributed by atoms with Gasteiger partial charge >= 0.3 is 0 Å². The lowest BCUT2D eigenvalue weighted by molar-refractivity contribution is 0.357. The molecule has 0 radical (unpaired) electrons. The molecule has 1 unspecified atom stereocenters. The van der Waals surface area contributed by atoms with Crippen LogP contribution in [0.25, 0.3) is 0 Å². The molecule has 2 fully saturated rings. The number of nitrogens with one attached hydrogen (secondary N) is 1. The minimum absolute atomic E-state index is 0.284. The number of nitrogens with two attached hydrogens (primary N) is 1. The third kappa shape index (κ3) is 3.44. The van der Waals surface area contributed by atoms with Gasteiger partial charge in [0.15, 0.2) is 0 Å². The Kier molecular flexibility index (Phi) is 4.49. The van der Waals surface area contributed by atoms with Gasteiger partial charge in [0, 0.05) is 17.1 Å². The molecule has 0 saturated heterocycles. The monoisotopic (exact) mass is 336 g/mol. The van der Waals surface area contributed by atoms with Gasteiger partial charge < -0.3 is 11.1 Å². The predicted octanol–water partition coefficient (Wildman–Crippen LogP) is 3.78. The Morgan fingerprint density at radius 2 is 1.90 bits per heavy atom. The van der Waals surface area contributed by atoms with Crippen molar-refractivity contribution in [2.45, 2.75) is 38.6 Å². The molecule has 2 aliphatic carbocycles. The van der Waals surface area contributed by atoms with Crippen molar-refractivity contribution in [3.63, 3.8) is 0 Å². The number of hydrogen-bond acceptors (Lipinski definition) is 2. The average Bonchev–Trinajstić information content (AvgIpc) is 3.31. The second-order valence-corrected chi connectivity index (χ2v) is 7.40. The summed E-state index contributed by atoms with van der Waals surface area (Å²) in [6, 6.07) is 6.87. The van der Waals surface area contributed by atoms with Gasteiger partial charge in [0.05, 0.1) is 0 Å². The molecule has 0 aromatic heterocycles. The number of halogens is 1. The van der Waals surface area contributed by atoms with Gasteiger partial charge in [-0.05, 0) is 74.1 Å². The van der Waals surface area contributed by atoms with Gasteiger partial charge in [-0.15, -0.1) is 0 Å². The van der Waals surface area contributed by atoms with E-state index >= 15 is 0 Å². The van der Waals surface area contributed by atoms with Gasteiger partial charge in [0.25, 0.3) is 0 Å². The van der Waals surface area contributed by atoms with Gasteiger partial charge in [-0.25, -0.2) is 0 Å². The molecule has 2 saturated carbocycles. The highest BCUT2D eigenvalue weighted by molar-refractivity contribution is 9.10. The Labute approximate surface area is 130 Å². The topological polar surface area (TPSA) is 38.0 Å². The van der Waals surface area contributed by atoms with E-state index in [0.29, 0.717) is 6.54 Å². The van der Waals surface area contributed by atoms with Crippen LogP contribution in [-0.4, -0.2) is 13.1 Å². The summed E-state index contributed by atoms with van der Waals surface area (Å²) in [4.78, 5) is 0. The van der Waals surface area contributed by atoms with Crippen molar-refractivity contribution in [3.05, 3.63) is 33.8 Å². The van der Waals surface area contributed by atoms with Crippen LogP contribution in [0.5, 0.6) is 0 Å². The molecule has 1 atom stereocenters. The zero-order valence-electron chi connectivity index (χ0n) is 12.2. The second kappa shape index (κ2) is 6.17.